The molecule has 1 fully saturated rings. The molecule has 1 aromatic rings. The van der Waals surface area contributed by atoms with E-state index in [2.05, 4.69) is 5.10 Å². The van der Waals surface area contributed by atoms with E-state index in [-0.39, 0.29) is 18.0 Å². The molecular weight excluding hydrogens is 264 g/mol. The van der Waals surface area contributed by atoms with Gasteiger partial charge in [0.2, 0.25) is 0 Å². The fourth-order valence-corrected chi connectivity index (χ4v) is 2.84. The van der Waals surface area contributed by atoms with Crippen molar-refractivity contribution in [1.29, 1.82) is 0 Å². The van der Waals surface area contributed by atoms with Crippen molar-refractivity contribution in [3.8, 4) is 0 Å². The number of nitrogens with zero attached hydrogens (tertiary/aromatic N) is 2. The predicted octanol–water partition coefficient (Wildman–Crippen LogP) is 2.80. The number of hydrogen-bond donors (Lipinski definition) is 0. The monoisotopic (exact) mass is 284 g/mol. The Labute approximate surface area is 119 Å². The van der Waals surface area contributed by atoms with Gasteiger partial charge < -0.3 is 4.74 Å². The van der Waals surface area contributed by atoms with Crippen LogP contribution in [0.15, 0.2) is 0 Å². The Balaban J connectivity index is 2.14. The maximum atomic E-state index is 12.3. The second-order valence-electron chi connectivity index (χ2n) is 5.03. The molecule has 2 unspecified atom stereocenters. The summed E-state index contributed by atoms with van der Waals surface area (Å²) in [6.45, 7) is 6.75. The zero-order chi connectivity index (χ0) is 14.0. The highest BCUT2D eigenvalue weighted by Gasteiger charge is 2.29. The molecule has 0 aliphatic carbocycles. The first kappa shape index (κ1) is 14.5. The summed E-state index contributed by atoms with van der Waals surface area (Å²) >= 11 is 6.31. The lowest BCUT2D eigenvalue weighted by atomic mass is 10.1. The molecule has 0 radical (unpaired) electrons. The van der Waals surface area contributed by atoms with Crippen LogP contribution >= 0.6 is 11.6 Å². The minimum absolute atomic E-state index is 0.114. The molecule has 5 heteroatoms. The number of rotatable bonds is 5. The van der Waals surface area contributed by atoms with Crippen molar-refractivity contribution in [3.05, 3.63) is 16.4 Å². The lowest BCUT2D eigenvalue weighted by molar-refractivity contribution is -0.128. The summed E-state index contributed by atoms with van der Waals surface area (Å²) in [5, 5.41) is 5.08. The molecule has 0 spiro atoms. The summed E-state index contributed by atoms with van der Waals surface area (Å²) in [5.74, 6) is 0.114. The van der Waals surface area contributed by atoms with Crippen molar-refractivity contribution in [1.82, 2.24) is 9.78 Å². The Morgan fingerprint density at radius 1 is 1.47 bits per heavy atom. The van der Waals surface area contributed by atoms with Gasteiger partial charge in [-0.1, -0.05) is 18.5 Å². The third kappa shape index (κ3) is 3.00. The van der Waals surface area contributed by atoms with Gasteiger partial charge in [-0.25, -0.2) is 0 Å². The van der Waals surface area contributed by atoms with E-state index in [0.29, 0.717) is 11.4 Å². The second kappa shape index (κ2) is 6.06. The third-order valence-electron chi connectivity index (χ3n) is 3.63. The molecule has 106 valence electrons. The first-order valence-electron chi connectivity index (χ1n) is 6.99. The van der Waals surface area contributed by atoms with E-state index < -0.39 is 0 Å². The number of ether oxygens (including phenoxy) is 1. The van der Waals surface area contributed by atoms with Crippen molar-refractivity contribution >= 4 is 17.4 Å². The number of aromatic nitrogens is 2. The molecule has 4 nitrogen and oxygen atoms in total. The molecular formula is C14H21ClN2O2. The number of carbonyl (C=O) groups is 1. The molecule has 0 aromatic carbocycles. The highest BCUT2D eigenvalue weighted by Crippen LogP contribution is 2.25. The zero-order valence-electron chi connectivity index (χ0n) is 11.8. The highest BCUT2D eigenvalue weighted by atomic mass is 35.5. The lowest BCUT2D eigenvalue weighted by Gasteiger charge is -2.11. The Hall–Kier alpha value is -0.870. The summed E-state index contributed by atoms with van der Waals surface area (Å²) < 4.78 is 7.45. The fraction of sp³-hybridized carbons (Fsp3) is 0.714. The molecule has 1 aromatic heterocycles. The molecule has 19 heavy (non-hydrogen) atoms. The van der Waals surface area contributed by atoms with Crippen LogP contribution in [0.4, 0.5) is 0 Å². The van der Waals surface area contributed by atoms with Gasteiger partial charge >= 0.3 is 0 Å². The summed E-state index contributed by atoms with van der Waals surface area (Å²) in [4.78, 5) is 12.3. The standard InChI is InChI=1S/C14H21ClN2O2/c1-4-10-14(15)11(17(5-2)16-10)8-12(18)13-7-6-9(3)19-13/h9,13H,4-8H2,1-3H3. The Kier molecular flexibility index (Phi) is 4.63. The van der Waals surface area contributed by atoms with Gasteiger partial charge in [0.25, 0.3) is 0 Å². The van der Waals surface area contributed by atoms with Crippen LogP contribution in [0, 0.1) is 0 Å². The number of carbonyl (C=O) groups excluding carboxylic acids is 1. The molecule has 0 saturated carbocycles. The average Bonchev–Trinajstić information content (AvgIpc) is 2.95. The fourth-order valence-electron chi connectivity index (χ4n) is 2.50. The van der Waals surface area contributed by atoms with Crippen LogP contribution in [0.3, 0.4) is 0 Å². The van der Waals surface area contributed by atoms with Gasteiger partial charge in [-0.2, -0.15) is 5.10 Å². The van der Waals surface area contributed by atoms with E-state index in [1.807, 2.05) is 25.5 Å². The molecule has 0 bridgehead atoms. The summed E-state index contributed by atoms with van der Waals surface area (Å²) in [7, 11) is 0. The SMILES string of the molecule is CCc1nn(CC)c(CC(=O)C2CCC(C)O2)c1Cl. The molecule has 1 saturated heterocycles. The first-order chi connectivity index (χ1) is 9.06. The normalized spacial score (nSPS) is 22.9. The zero-order valence-corrected chi connectivity index (χ0v) is 12.5. The number of hydrogen-bond acceptors (Lipinski definition) is 3. The van der Waals surface area contributed by atoms with E-state index in [9.17, 15) is 4.79 Å². The van der Waals surface area contributed by atoms with E-state index in [4.69, 9.17) is 16.3 Å². The molecule has 2 heterocycles. The molecule has 2 atom stereocenters. The Morgan fingerprint density at radius 3 is 2.74 bits per heavy atom. The van der Waals surface area contributed by atoms with Crippen LogP contribution in [0.1, 0.15) is 45.0 Å². The summed E-state index contributed by atoms with van der Waals surface area (Å²) in [6.07, 6.45) is 2.79. The van der Waals surface area contributed by atoms with Crippen molar-refractivity contribution in [3.63, 3.8) is 0 Å². The molecule has 0 N–H and O–H groups in total. The van der Waals surface area contributed by atoms with Gasteiger partial charge in [0.05, 0.1) is 28.9 Å². The Morgan fingerprint density at radius 2 is 2.21 bits per heavy atom. The van der Waals surface area contributed by atoms with Gasteiger partial charge in [0, 0.05) is 6.54 Å². The van der Waals surface area contributed by atoms with E-state index in [1.165, 1.54) is 0 Å². The average molecular weight is 285 g/mol. The molecule has 0 amide bonds. The largest absolute Gasteiger partial charge is 0.367 e. The smallest absolute Gasteiger partial charge is 0.167 e. The van der Waals surface area contributed by atoms with Crippen molar-refractivity contribution < 1.29 is 9.53 Å². The minimum atomic E-state index is -0.267. The number of Topliss-reactive ketones (excluding diaryl/α,β-unsaturated/α-hetero) is 1. The van der Waals surface area contributed by atoms with Gasteiger partial charge in [-0.3, -0.25) is 9.48 Å². The van der Waals surface area contributed by atoms with E-state index in [1.54, 1.807) is 0 Å². The number of ketones is 1. The first-order valence-corrected chi connectivity index (χ1v) is 7.36. The molecule has 1 aliphatic rings. The topological polar surface area (TPSA) is 44.1 Å². The number of aryl methyl sites for hydroxylation is 2. The predicted molar refractivity (Wildman–Crippen MR) is 74.6 cm³/mol. The maximum absolute atomic E-state index is 12.3. The van der Waals surface area contributed by atoms with Crippen LogP contribution in [0.5, 0.6) is 0 Å². The van der Waals surface area contributed by atoms with Gasteiger partial charge in [0.15, 0.2) is 5.78 Å². The minimum Gasteiger partial charge on any atom is -0.367 e. The van der Waals surface area contributed by atoms with Crippen LogP contribution in [0.25, 0.3) is 0 Å². The van der Waals surface area contributed by atoms with Crippen molar-refractivity contribution in [2.45, 2.75) is 65.2 Å². The summed E-state index contributed by atoms with van der Waals surface area (Å²) in [6, 6.07) is 0. The van der Waals surface area contributed by atoms with Crippen LogP contribution in [0.2, 0.25) is 5.02 Å². The quantitative estimate of drug-likeness (QED) is 0.835. The van der Waals surface area contributed by atoms with Gasteiger partial charge in [0.1, 0.15) is 6.10 Å². The molecule has 2 rings (SSSR count). The van der Waals surface area contributed by atoms with Gasteiger partial charge in [-0.15, -0.1) is 0 Å². The van der Waals surface area contributed by atoms with E-state index >= 15 is 0 Å². The summed E-state index contributed by atoms with van der Waals surface area (Å²) in [5.41, 5.74) is 1.70. The van der Waals surface area contributed by atoms with Gasteiger partial charge in [-0.05, 0) is 33.1 Å². The lowest BCUT2D eigenvalue weighted by Crippen LogP contribution is -2.24. The molecule has 1 aliphatic heterocycles. The van der Waals surface area contributed by atoms with Crippen LogP contribution < -0.4 is 0 Å². The Bertz CT molecular complexity index is 470. The van der Waals surface area contributed by atoms with Crippen molar-refractivity contribution in [2.24, 2.45) is 0 Å². The number of halogens is 1. The van der Waals surface area contributed by atoms with Crippen molar-refractivity contribution in [2.75, 3.05) is 0 Å². The third-order valence-corrected chi connectivity index (χ3v) is 4.06. The maximum Gasteiger partial charge on any atom is 0.167 e. The van der Waals surface area contributed by atoms with E-state index in [0.717, 1.165) is 37.2 Å². The highest BCUT2D eigenvalue weighted by molar-refractivity contribution is 6.32. The van der Waals surface area contributed by atoms with Crippen LogP contribution in [-0.4, -0.2) is 27.8 Å². The van der Waals surface area contributed by atoms with Crippen LogP contribution in [-0.2, 0) is 28.9 Å². The second-order valence-corrected chi connectivity index (χ2v) is 5.41.